The molecule has 6 heteroatoms. The number of carboxylic acids is 1. The SMILES string of the molecule is CC(CCCC(=O)O)NC(=O)N(CCC#N)C1CC1. The Bertz CT molecular complexity index is 361. The molecule has 1 saturated carbocycles. The summed E-state index contributed by atoms with van der Waals surface area (Å²) in [4.78, 5) is 24.1. The van der Waals surface area contributed by atoms with Gasteiger partial charge in [0.05, 0.1) is 12.5 Å². The molecule has 0 aromatic rings. The molecule has 1 fully saturated rings. The van der Waals surface area contributed by atoms with Gasteiger partial charge in [0, 0.05) is 25.0 Å². The molecular formula is C13H21N3O3. The summed E-state index contributed by atoms with van der Waals surface area (Å²) in [6.07, 6.45) is 3.68. The molecule has 0 heterocycles. The van der Waals surface area contributed by atoms with Crippen LogP contribution >= 0.6 is 0 Å². The Morgan fingerprint density at radius 1 is 1.53 bits per heavy atom. The fourth-order valence-corrected chi connectivity index (χ4v) is 1.93. The number of carbonyl (C=O) groups is 2. The molecule has 2 N–H and O–H groups in total. The van der Waals surface area contributed by atoms with Gasteiger partial charge in [0.25, 0.3) is 0 Å². The van der Waals surface area contributed by atoms with E-state index in [4.69, 9.17) is 10.4 Å². The lowest BCUT2D eigenvalue weighted by molar-refractivity contribution is -0.137. The second-order valence-corrected chi connectivity index (χ2v) is 4.97. The molecule has 0 saturated heterocycles. The molecule has 1 atom stereocenters. The van der Waals surface area contributed by atoms with Crippen molar-refractivity contribution in [2.75, 3.05) is 6.54 Å². The van der Waals surface area contributed by atoms with Crippen LogP contribution < -0.4 is 5.32 Å². The van der Waals surface area contributed by atoms with Crippen LogP contribution in [0, 0.1) is 11.3 Å². The largest absolute Gasteiger partial charge is 0.481 e. The van der Waals surface area contributed by atoms with Crippen molar-refractivity contribution in [3.8, 4) is 6.07 Å². The molecule has 0 aliphatic heterocycles. The van der Waals surface area contributed by atoms with Crippen molar-refractivity contribution in [1.29, 1.82) is 5.26 Å². The van der Waals surface area contributed by atoms with Crippen molar-refractivity contribution in [3.63, 3.8) is 0 Å². The molecule has 1 rings (SSSR count). The molecule has 0 aromatic carbocycles. The summed E-state index contributed by atoms with van der Waals surface area (Å²) in [6.45, 7) is 2.34. The van der Waals surface area contributed by atoms with E-state index in [0.717, 1.165) is 12.8 Å². The minimum absolute atomic E-state index is 0.0461. The van der Waals surface area contributed by atoms with E-state index in [1.165, 1.54) is 0 Å². The number of hydrogen-bond donors (Lipinski definition) is 2. The quantitative estimate of drug-likeness (QED) is 0.700. The van der Waals surface area contributed by atoms with Crippen molar-refractivity contribution >= 4 is 12.0 Å². The number of urea groups is 1. The van der Waals surface area contributed by atoms with E-state index >= 15 is 0 Å². The van der Waals surface area contributed by atoms with Gasteiger partial charge in [-0.25, -0.2) is 4.79 Å². The van der Waals surface area contributed by atoms with Crippen molar-refractivity contribution in [1.82, 2.24) is 10.2 Å². The Morgan fingerprint density at radius 2 is 2.21 bits per heavy atom. The second-order valence-electron chi connectivity index (χ2n) is 4.97. The van der Waals surface area contributed by atoms with Crippen molar-refractivity contribution < 1.29 is 14.7 Å². The molecule has 19 heavy (non-hydrogen) atoms. The first-order chi connectivity index (χ1) is 9.04. The molecule has 1 aliphatic carbocycles. The molecule has 0 aromatic heterocycles. The lowest BCUT2D eigenvalue weighted by atomic mass is 10.1. The van der Waals surface area contributed by atoms with Gasteiger partial charge in [-0.15, -0.1) is 0 Å². The minimum Gasteiger partial charge on any atom is -0.481 e. The summed E-state index contributed by atoms with van der Waals surface area (Å²) in [7, 11) is 0. The molecule has 1 unspecified atom stereocenters. The van der Waals surface area contributed by atoms with Gasteiger partial charge >= 0.3 is 12.0 Å². The van der Waals surface area contributed by atoms with Gasteiger partial charge in [-0.2, -0.15) is 5.26 Å². The normalized spacial score (nSPS) is 15.4. The Labute approximate surface area is 113 Å². The first-order valence-electron chi connectivity index (χ1n) is 6.70. The van der Waals surface area contributed by atoms with Crippen LogP contribution in [0.2, 0.25) is 0 Å². The van der Waals surface area contributed by atoms with Crippen LogP contribution in [-0.4, -0.2) is 40.6 Å². The predicted octanol–water partition coefficient (Wildman–Crippen LogP) is 1.72. The number of nitriles is 1. The standard InChI is InChI=1S/C13H21N3O3/c1-10(4-2-5-12(17)18)15-13(19)16(9-3-8-14)11-6-7-11/h10-11H,2-7,9H2,1H3,(H,15,19)(H,17,18). The fourth-order valence-electron chi connectivity index (χ4n) is 1.93. The zero-order chi connectivity index (χ0) is 14.3. The maximum absolute atomic E-state index is 12.0. The van der Waals surface area contributed by atoms with Crippen molar-refractivity contribution in [2.45, 2.75) is 57.5 Å². The van der Waals surface area contributed by atoms with E-state index < -0.39 is 5.97 Å². The number of carboxylic acid groups (broad SMARTS) is 1. The van der Waals surface area contributed by atoms with E-state index in [2.05, 4.69) is 5.32 Å². The summed E-state index contributed by atoms with van der Waals surface area (Å²) in [5.41, 5.74) is 0. The Balaban J connectivity index is 2.30. The zero-order valence-electron chi connectivity index (χ0n) is 11.3. The highest BCUT2D eigenvalue weighted by Crippen LogP contribution is 2.27. The molecule has 0 radical (unpaired) electrons. The predicted molar refractivity (Wildman–Crippen MR) is 69.4 cm³/mol. The third kappa shape index (κ3) is 6.09. The average molecular weight is 267 g/mol. The lowest BCUT2D eigenvalue weighted by Gasteiger charge is -2.24. The fraction of sp³-hybridized carbons (Fsp3) is 0.769. The van der Waals surface area contributed by atoms with Crippen LogP contribution in [-0.2, 0) is 4.79 Å². The van der Waals surface area contributed by atoms with Crippen LogP contribution in [0.15, 0.2) is 0 Å². The van der Waals surface area contributed by atoms with E-state index in [0.29, 0.717) is 25.8 Å². The van der Waals surface area contributed by atoms with Gasteiger partial charge in [0.1, 0.15) is 0 Å². The van der Waals surface area contributed by atoms with Gasteiger partial charge in [-0.05, 0) is 32.6 Å². The van der Waals surface area contributed by atoms with Gasteiger partial charge in [0.15, 0.2) is 0 Å². The van der Waals surface area contributed by atoms with Crippen LogP contribution in [0.3, 0.4) is 0 Å². The minimum atomic E-state index is -0.813. The topological polar surface area (TPSA) is 93.4 Å². The molecule has 6 nitrogen and oxygen atoms in total. The third-order valence-corrected chi connectivity index (χ3v) is 3.11. The summed E-state index contributed by atoms with van der Waals surface area (Å²) >= 11 is 0. The molecule has 1 aliphatic rings. The van der Waals surface area contributed by atoms with Crippen LogP contribution in [0.5, 0.6) is 0 Å². The van der Waals surface area contributed by atoms with E-state index in [9.17, 15) is 9.59 Å². The first kappa shape index (κ1) is 15.3. The number of nitrogens with zero attached hydrogens (tertiary/aromatic N) is 2. The highest BCUT2D eigenvalue weighted by molar-refractivity contribution is 5.75. The smallest absolute Gasteiger partial charge is 0.317 e. The van der Waals surface area contributed by atoms with E-state index in [1.54, 1.807) is 4.90 Å². The maximum Gasteiger partial charge on any atom is 0.317 e. The Kier molecular flexibility index (Phi) is 6.13. The number of rotatable bonds is 8. The average Bonchev–Trinajstić information content (AvgIpc) is 3.13. The lowest BCUT2D eigenvalue weighted by Crippen LogP contribution is -2.45. The first-order valence-corrected chi connectivity index (χ1v) is 6.70. The van der Waals surface area contributed by atoms with Crippen LogP contribution in [0.25, 0.3) is 0 Å². The highest BCUT2D eigenvalue weighted by atomic mass is 16.4. The maximum atomic E-state index is 12.0. The molecule has 106 valence electrons. The molecule has 2 amide bonds. The number of hydrogen-bond acceptors (Lipinski definition) is 3. The van der Waals surface area contributed by atoms with Gasteiger partial charge in [0.2, 0.25) is 0 Å². The van der Waals surface area contributed by atoms with Crippen molar-refractivity contribution in [2.24, 2.45) is 0 Å². The summed E-state index contributed by atoms with van der Waals surface area (Å²) in [5.74, 6) is -0.813. The molecular weight excluding hydrogens is 246 g/mol. The Hall–Kier alpha value is -1.77. The molecule has 0 spiro atoms. The summed E-state index contributed by atoms with van der Waals surface area (Å²) in [6, 6.07) is 2.14. The van der Waals surface area contributed by atoms with Gasteiger partial charge < -0.3 is 15.3 Å². The van der Waals surface area contributed by atoms with Crippen LogP contribution in [0.4, 0.5) is 4.79 Å². The highest BCUT2D eigenvalue weighted by Gasteiger charge is 2.32. The monoisotopic (exact) mass is 267 g/mol. The van der Waals surface area contributed by atoms with Crippen molar-refractivity contribution in [3.05, 3.63) is 0 Å². The molecule has 0 bridgehead atoms. The number of aliphatic carboxylic acids is 1. The second kappa shape index (κ2) is 7.62. The Morgan fingerprint density at radius 3 is 2.74 bits per heavy atom. The summed E-state index contributed by atoms with van der Waals surface area (Å²) < 4.78 is 0. The van der Waals surface area contributed by atoms with E-state index in [-0.39, 0.29) is 24.5 Å². The summed E-state index contributed by atoms with van der Waals surface area (Å²) in [5, 5.41) is 20.0. The third-order valence-electron chi connectivity index (χ3n) is 3.11. The van der Waals surface area contributed by atoms with Gasteiger partial charge in [-0.3, -0.25) is 4.79 Å². The number of carbonyl (C=O) groups excluding carboxylic acids is 1. The van der Waals surface area contributed by atoms with Crippen LogP contribution in [0.1, 0.15) is 45.4 Å². The zero-order valence-corrected chi connectivity index (χ0v) is 11.3. The number of amides is 2. The van der Waals surface area contributed by atoms with Gasteiger partial charge in [-0.1, -0.05) is 0 Å². The number of nitrogens with one attached hydrogen (secondary N) is 1. The van der Waals surface area contributed by atoms with E-state index in [1.807, 2.05) is 13.0 Å².